The van der Waals surface area contributed by atoms with Gasteiger partial charge in [-0.25, -0.2) is 4.98 Å². The van der Waals surface area contributed by atoms with Crippen LogP contribution in [0, 0.1) is 0 Å². The van der Waals surface area contributed by atoms with Gasteiger partial charge in [-0.05, 0) is 29.1 Å². The number of H-pyrrole nitrogens is 1. The van der Waals surface area contributed by atoms with Crippen molar-refractivity contribution in [2.45, 2.75) is 0 Å². The molecule has 2 N–H and O–H groups in total. The van der Waals surface area contributed by atoms with Crippen LogP contribution in [0.1, 0.15) is 10.4 Å². The minimum atomic E-state index is -0.383. The largest absolute Gasteiger partial charge is 0.329 e. The molecule has 0 unspecified atom stereocenters. The average molecular weight is 345 g/mol. The lowest BCUT2D eigenvalue weighted by molar-refractivity contribution is 0.102. The molecule has 3 heterocycles. The van der Waals surface area contributed by atoms with E-state index in [-0.39, 0.29) is 17.0 Å². The Labute approximate surface area is 148 Å². The smallest absolute Gasteiger partial charge is 0.257 e. The second-order valence-corrected chi connectivity index (χ2v) is 5.93. The lowest BCUT2D eigenvalue weighted by atomic mass is 10.1. The van der Waals surface area contributed by atoms with Gasteiger partial charge in [-0.2, -0.15) is 5.10 Å². The molecule has 1 aromatic carbocycles. The average Bonchev–Trinajstić information content (AvgIpc) is 3.07. The molecule has 7 nitrogen and oxygen atoms in total. The summed E-state index contributed by atoms with van der Waals surface area (Å²) in [4.78, 5) is 30.4. The van der Waals surface area contributed by atoms with Crippen LogP contribution < -0.4 is 10.9 Å². The minimum Gasteiger partial charge on any atom is -0.329 e. The molecule has 0 saturated carbocycles. The number of hydrogen-bond acceptors (Lipinski definition) is 4. The summed E-state index contributed by atoms with van der Waals surface area (Å²) in [6.45, 7) is 0. The summed E-state index contributed by atoms with van der Waals surface area (Å²) in [5, 5.41) is 8.82. The standard InChI is InChI=1S/C19H15N5O2/c1-24-11-16(10-22-24)12-2-3-14-9-21-17(7-15(14)6-12)23-19(26)13-4-5-20-18(25)8-13/h2-11H,1H3,(H,20,25)(H,21,23,26). The molecule has 26 heavy (non-hydrogen) atoms. The number of carbonyl (C=O) groups is 1. The molecule has 0 aliphatic carbocycles. The Hall–Kier alpha value is -3.74. The van der Waals surface area contributed by atoms with Crippen molar-refractivity contribution in [2.24, 2.45) is 7.05 Å². The third kappa shape index (κ3) is 3.10. The first-order valence-corrected chi connectivity index (χ1v) is 7.97. The number of aromatic amines is 1. The maximum atomic E-state index is 12.3. The van der Waals surface area contributed by atoms with Crippen LogP contribution in [-0.2, 0) is 7.05 Å². The number of amides is 1. The zero-order chi connectivity index (χ0) is 18.1. The van der Waals surface area contributed by atoms with Crippen LogP contribution in [-0.4, -0.2) is 25.7 Å². The molecule has 4 aromatic rings. The molecule has 128 valence electrons. The fraction of sp³-hybridized carbons (Fsp3) is 0.0526. The van der Waals surface area contributed by atoms with E-state index < -0.39 is 0 Å². The van der Waals surface area contributed by atoms with Gasteiger partial charge in [-0.15, -0.1) is 0 Å². The summed E-state index contributed by atoms with van der Waals surface area (Å²) in [7, 11) is 1.87. The molecule has 0 radical (unpaired) electrons. The topological polar surface area (TPSA) is 92.7 Å². The van der Waals surface area contributed by atoms with Crippen molar-refractivity contribution in [3.8, 4) is 11.1 Å². The van der Waals surface area contributed by atoms with E-state index in [0.29, 0.717) is 5.82 Å². The number of aryl methyl sites for hydroxylation is 1. The SMILES string of the molecule is Cn1cc(-c2ccc3cnc(NC(=O)c4cc[nH]c(=O)c4)cc3c2)cn1. The molecule has 0 fully saturated rings. The van der Waals surface area contributed by atoms with E-state index in [1.165, 1.54) is 18.3 Å². The number of nitrogens with one attached hydrogen (secondary N) is 2. The summed E-state index contributed by atoms with van der Waals surface area (Å²) in [6, 6.07) is 10.6. The number of hydrogen-bond donors (Lipinski definition) is 2. The Balaban J connectivity index is 1.66. The highest BCUT2D eigenvalue weighted by molar-refractivity contribution is 6.04. The molecule has 4 rings (SSSR count). The van der Waals surface area contributed by atoms with Gasteiger partial charge in [-0.3, -0.25) is 14.3 Å². The molecule has 7 heteroatoms. The first-order valence-electron chi connectivity index (χ1n) is 7.97. The predicted molar refractivity (Wildman–Crippen MR) is 99.0 cm³/mol. The van der Waals surface area contributed by atoms with Gasteiger partial charge in [0.1, 0.15) is 5.82 Å². The second-order valence-electron chi connectivity index (χ2n) is 5.93. The van der Waals surface area contributed by atoms with Crippen molar-refractivity contribution in [3.05, 3.63) is 77.1 Å². The van der Waals surface area contributed by atoms with Crippen molar-refractivity contribution in [3.63, 3.8) is 0 Å². The summed E-state index contributed by atoms with van der Waals surface area (Å²) in [6.07, 6.45) is 6.89. The molecule has 0 atom stereocenters. The highest BCUT2D eigenvalue weighted by Crippen LogP contribution is 2.25. The van der Waals surface area contributed by atoms with Gasteiger partial charge < -0.3 is 10.3 Å². The number of anilines is 1. The summed E-state index contributed by atoms with van der Waals surface area (Å²) < 4.78 is 1.75. The molecule has 1 amide bonds. The molecular formula is C19H15N5O2. The van der Waals surface area contributed by atoms with Gasteiger partial charge in [0, 0.05) is 48.2 Å². The summed E-state index contributed by atoms with van der Waals surface area (Å²) in [5.74, 6) is 0.0393. The summed E-state index contributed by atoms with van der Waals surface area (Å²) >= 11 is 0. The molecule has 0 aliphatic heterocycles. The zero-order valence-electron chi connectivity index (χ0n) is 13.9. The van der Waals surface area contributed by atoms with Gasteiger partial charge in [0.25, 0.3) is 5.91 Å². The van der Waals surface area contributed by atoms with Gasteiger partial charge in [-0.1, -0.05) is 12.1 Å². The van der Waals surface area contributed by atoms with E-state index in [2.05, 4.69) is 20.4 Å². The zero-order valence-corrected chi connectivity index (χ0v) is 13.9. The number of aromatic nitrogens is 4. The Morgan fingerprint density at radius 2 is 1.96 bits per heavy atom. The maximum Gasteiger partial charge on any atom is 0.257 e. The summed E-state index contributed by atoms with van der Waals surface area (Å²) in [5.41, 5.74) is 1.99. The van der Waals surface area contributed by atoms with Crippen LogP contribution in [0.4, 0.5) is 5.82 Å². The van der Waals surface area contributed by atoms with E-state index in [0.717, 1.165) is 21.9 Å². The van der Waals surface area contributed by atoms with Crippen molar-refractivity contribution in [1.29, 1.82) is 0 Å². The van der Waals surface area contributed by atoms with Crippen LogP contribution in [0.15, 0.2) is 66.0 Å². The lowest BCUT2D eigenvalue weighted by Gasteiger charge is -2.07. The second kappa shape index (κ2) is 6.29. The molecule has 0 bridgehead atoms. The number of pyridine rings is 2. The van der Waals surface area contributed by atoms with Crippen molar-refractivity contribution < 1.29 is 4.79 Å². The first-order chi connectivity index (χ1) is 12.6. The van der Waals surface area contributed by atoms with Gasteiger partial charge in [0.05, 0.1) is 6.20 Å². The monoisotopic (exact) mass is 345 g/mol. The fourth-order valence-corrected chi connectivity index (χ4v) is 2.73. The number of nitrogens with zero attached hydrogens (tertiary/aromatic N) is 3. The van der Waals surface area contributed by atoms with E-state index in [1.54, 1.807) is 23.1 Å². The van der Waals surface area contributed by atoms with E-state index in [9.17, 15) is 9.59 Å². The molecule has 3 aromatic heterocycles. The molecule has 0 spiro atoms. The van der Waals surface area contributed by atoms with E-state index in [1.807, 2.05) is 31.4 Å². The van der Waals surface area contributed by atoms with Gasteiger partial charge in [0.15, 0.2) is 0 Å². The predicted octanol–water partition coefficient (Wildman–Crippen LogP) is 2.58. The number of fused-ring (bicyclic) bond motifs is 1. The minimum absolute atomic E-state index is 0.278. The van der Waals surface area contributed by atoms with Crippen molar-refractivity contribution in [1.82, 2.24) is 19.7 Å². The Bertz CT molecular complexity index is 1180. The highest BCUT2D eigenvalue weighted by atomic mass is 16.2. The van der Waals surface area contributed by atoms with Crippen LogP contribution in [0.3, 0.4) is 0 Å². The normalized spacial score (nSPS) is 10.8. The van der Waals surface area contributed by atoms with Crippen LogP contribution in [0.5, 0.6) is 0 Å². The number of benzene rings is 1. The van der Waals surface area contributed by atoms with Crippen LogP contribution in [0.2, 0.25) is 0 Å². The van der Waals surface area contributed by atoms with E-state index >= 15 is 0 Å². The lowest BCUT2D eigenvalue weighted by Crippen LogP contribution is -2.16. The fourth-order valence-electron chi connectivity index (χ4n) is 2.73. The van der Waals surface area contributed by atoms with Gasteiger partial charge >= 0.3 is 0 Å². The first kappa shape index (κ1) is 15.8. The van der Waals surface area contributed by atoms with Gasteiger partial charge in [0.2, 0.25) is 5.56 Å². The Morgan fingerprint density at radius 3 is 2.73 bits per heavy atom. The number of carbonyl (C=O) groups excluding carboxylic acids is 1. The number of rotatable bonds is 3. The molecular weight excluding hydrogens is 330 g/mol. The highest BCUT2D eigenvalue weighted by Gasteiger charge is 2.09. The molecule has 0 aliphatic rings. The Kier molecular flexibility index (Phi) is 3.81. The van der Waals surface area contributed by atoms with E-state index in [4.69, 9.17) is 0 Å². The van der Waals surface area contributed by atoms with Crippen LogP contribution in [0.25, 0.3) is 21.9 Å². The third-order valence-corrected chi connectivity index (χ3v) is 4.04. The van der Waals surface area contributed by atoms with Crippen molar-refractivity contribution >= 4 is 22.5 Å². The third-order valence-electron chi connectivity index (χ3n) is 4.04. The quantitative estimate of drug-likeness (QED) is 0.597. The maximum absolute atomic E-state index is 12.3. The van der Waals surface area contributed by atoms with Crippen LogP contribution >= 0.6 is 0 Å². The van der Waals surface area contributed by atoms with Crippen molar-refractivity contribution in [2.75, 3.05) is 5.32 Å². The Morgan fingerprint density at radius 1 is 1.08 bits per heavy atom. The molecule has 0 saturated heterocycles.